The van der Waals surface area contributed by atoms with E-state index >= 15 is 0 Å². The average Bonchev–Trinajstić information content (AvgIpc) is 2.05. The zero-order valence-corrected chi connectivity index (χ0v) is 10.5. The zero-order chi connectivity index (χ0) is 8.27. The second-order valence-corrected chi connectivity index (χ2v) is 5.80. The van der Waals surface area contributed by atoms with E-state index in [0.29, 0.717) is 0 Å². The Morgan fingerprint density at radius 2 is 1.64 bits per heavy atom. The zero-order valence-electron chi connectivity index (χ0n) is 5.73. The summed E-state index contributed by atoms with van der Waals surface area (Å²) in [5, 5.41) is 0.919. The Bertz CT molecular complexity index is 215. The second-order valence-electron chi connectivity index (χ2n) is 2.18. The Kier molecular flexibility index (Phi) is 4.10. The first-order valence-corrected chi connectivity index (χ1v) is 6.12. The lowest BCUT2D eigenvalue weighted by Gasteiger charge is -2.01. The first kappa shape index (κ1) is 9.75. The summed E-state index contributed by atoms with van der Waals surface area (Å²) in [5.41, 5.74) is 2.55. The molecule has 1 aromatic rings. The third-order valence-corrected chi connectivity index (χ3v) is 3.09. The molecule has 0 unspecified atom stereocenters. The van der Waals surface area contributed by atoms with Crippen LogP contribution in [0.1, 0.15) is 14.9 Å². The first-order valence-electron chi connectivity index (χ1n) is 3.17. The summed E-state index contributed by atoms with van der Waals surface area (Å²) in [6.07, 6.45) is 0. The molecule has 0 saturated carbocycles. The molecule has 0 aromatic heterocycles. The van der Waals surface area contributed by atoms with Gasteiger partial charge in [0, 0.05) is 5.33 Å². The topological polar surface area (TPSA) is 0 Å². The van der Waals surface area contributed by atoms with E-state index in [4.69, 9.17) is 0 Å². The van der Waals surface area contributed by atoms with Crippen LogP contribution in [0.5, 0.6) is 0 Å². The number of alkyl halides is 3. The van der Waals surface area contributed by atoms with Crippen molar-refractivity contribution in [2.24, 2.45) is 0 Å². The van der Waals surface area contributed by atoms with Gasteiger partial charge in [-0.15, -0.1) is 0 Å². The summed E-state index contributed by atoms with van der Waals surface area (Å²) >= 11 is 10.3. The Balaban J connectivity index is 2.83. The van der Waals surface area contributed by atoms with Gasteiger partial charge in [0.15, 0.2) is 0 Å². The molecule has 0 aliphatic rings. The highest BCUT2D eigenvalue weighted by atomic mass is 79.9. The molecule has 0 bridgehead atoms. The predicted octanol–water partition coefficient (Wildman–Crippen LogP) is 4.37. The van der Waals surface area contributed by atoms with E-state index in [2.05, 4.69) is 72.1 Å². The fourth-order valence-electron chi connectivity index (χ4n) is 0.752. The maximum absolute atomic E-state index is 3.43. The quantitative estimate of drug-likeness (QED) is 0.700. The summed E-state index contributed by atoms with van der Waals surface area (Å²) < 4.78 is 0.263. The van der Waals surface area contributed by atoms with Crippen molar-refractivity contribution in [2.75, 3.05) is 0 Å². The van der Waals surface area contributed by atoms with Crippen molar-refractivity contribution in [3.05, 3.63) is 35.4 Å². The normalized spacial score (nSPS) is 10.5. The summed E-state index contributed by atoms with van der Waals surface area (Å²) in [4.78, 5) is 0. The van der Waals surface area contributed by atoms with Crippen molar-refractivity contribution in [3.8, 4) is 0 Å². The van der Waals surface area contributed by atoms with Crippen LogP contribution in [0.25, 0.3) is 0 Å². The lowest BCUT2D eigenvalue weighted by atomic mass is 10.2. The van der Waals surface area contributed by atoms with E-state index in [0.717, 1.165) is 5.33 Å². The van der Waals surface area contributed by atoms with Gasteiger partial charge in [-0.25, -0.2) is 0 Å². The second kappa shape index (κ2) is 4.63. The highest BCUT2D eigenvalue weighted by molar-refractivity contribution is 9.24. The highest BCUT2D eigenvalue weighted by Gasteiger charge is 2.00. The molecule has 0 saturated heterocycles. The molecule has 1 aromatic carbocycles. The smallest absolute Gasteiger partial charge is 0.0876 e. The van der Waals surface area contributed by atoms with Crippen LogP contribution in [0, 0.1) is 0 Å². The van der Waals surface area contributed by atoms with Gasteiger partial charge in [0.2, 0.25) is 0 Å². The van der Waals surface area contributed by atoms with Crippen LogP contribution in [-0.2, 0) is 5.33 Å². The molecule has 3 heteroatoms. The van der Waals surface area contributed by atoms with Crippen LogP contribution in [0.15, 0.2) is 24.3 Å². The van der Waals surface area contributed by atoms with Crippen LogP contribution in [0.2, 0.25) is 0 Å². The third-order valence-electron chi connectivity index (χ3n) is 1.39. The van der Waals surface area contributed by atoms with Crippen molar-refractivity contribution in [1.29, 1.82) is 0 Å². The van der Waals surface area contributed by atoms with Crippen molar-refractivity contribution in [2.45, 2.75) is 9.07 Å². The molecule has 11 heavy (non-hydrogen) atoms. The van der Waals surface area contributed by atoms with Crippen LogP contribution < -0.4 is 0 Å². The van der Waals surface area contributed by atoms with Gasteiger partial charge in [0.05, 0.1) is 3.74 Å². The Morgan fingerprint density at radius 3 is 2.00 bits per heavy atom. The van der Waals surface area contributed by atoms with Crippen LogP contribution >= 0.6 is 47.8 Å². The first-order chi connectivity index (χ1) is 5.24. The van der Waals surface area contributed by atoms with Gasteiger partial charge >= 0.3 is 0 Å². The molecule has 0 nitrogen and oxygen atoms in total. The van der Waals surface area contributed by atoms with Gasteiger partial charge in [-0.2, -0.15) is 0 Å². The predicted molar refractivity (Wildman–Crippen MR) is 59.7 cm³/mol. The van der Waals surface area contributed by atoms with Gasteiger partial charge in [0.25, 0.3) is 0 Å². The minimum atomic E-state index is 0.263. The van der Waals surface area contributed by atoms with Gasteiger partial charge in [0.1, 0.15) is 0 Å². The molecule has 0 radical (unpaired) electrons. The van der Waals surface area contributed by atoms with E-state index in [9.17, 15) is 0 Å². The minimum Gasteiger partial charge on any atom is -0.0876 e. The number of halogens is 3. The van der Waals surface area contributed by atoms with Crippen molar-refractivity contribution >= 4 is 47.8 Å². The molecule has 0 heterocycles. The SMILES string of the molecule is BrCc1ccc(C(Br)Br)cc1. The number of hydrogen-bond acceptors (Lipinski definition) is 0. The highest BCUT2D eigenvalue weighted by Crippen LogP contribution is 2.29. The standard InChI is InChI=1S/C8H7Br3/c9-5-6-1-3-7(4-2-6)8(10)11/h1-4,8H,5H2. The maximum atomic E-state index is 3.43. The van der Waals surface area contributed by atoms with Crippen LogP contribution in [-0.4, -0.2) is 0 Å². The fourth-order valence-corrected chi connectivity index (χ4v) is 1.74. The summed E-state index contributed by atoms with van der Waals surface area (Å²) in [6, 6.07) is 8.43. The van der Waals surface area contributed by atoms with Crippen molar-refractivity contribution in [1.82, 2.24) is 0 Å². The minimum absolute atomic E-state index is 0.263. The van der Waals surface area contributed by atoms with Crippen LogP contribution in [0.3, 0.4) is 0 Å². The fraction of sp³-hybridized carbons (Fsp3) is 0.250. The summed E-state index contributed by atoms with van der Waals surface area (Å²) in [7, 11) is 0. The number of hydrogen-bond donors (Lipinski definition) is 0. The number of rotatable bonds is 2. The van der Waals surface area contributed by atoms with Gasteiger partial charge in [-0.3, -0.25) is 0 Å². The molecule has 0 N–H and O–H groups in total. The molecule has 0 amide bonds. The molecule has 0 atom stereocenters. The van der Waals surface area contributed by atoms with E-state index in [1.165, 1.54) is 11.1 Å². The largest absolute Gasteiger partial charge is 0.0946 e. The lowest BCUT2D eigenvalue weighted by molar-refractivity contribution is 1.36. The van der Waals surface area contributed by atoms with Crippen molar-refractivity contribution < 1.29 is 0 Å². The van der Waals surface area contributed by atoms with Crippen molar-refractivity contribution in [3.63, 3.8) is 0 Å². The molecular weight excluding hydrogens is 336 g/mol. The molecule has 60 valence electrons. The van der Waals surface area contributed by atoms with Gasteiger partial charge < -0.3 is 0 Å². The van der Waals surface area contributed by atoms with Gasteiger partial charge in [-0.05, 0) is 11.1 Å². The maximum Gasteiger partial charge on any atom is 0.0946 e. The van der Waals surface area contributed by atoms with Gasteiger partial charge in [-0.1, -0.05) is 72.1 Å². The molecule has 0 aliphatic carbocycles. The monoisotopic (exact) mass is 340 g/mol. The number of benzene rings is 1. The molecule has 0 spiro atoms. The van der Waals surface area contributed by atoms with E-state index < -0.39 is 0 Å². The Labute approximate surface area is 91.8 Å². The third kappa shape index (κ3) is 2.88. The average molecular weight is 343 g/mol. The lowest BCUT2D eigenvalue weighted by Crippen LogP contribution is -1.81. The molecule has 1 rings (SSSR count). The van der Waals surface area contributed by atoms with E-state index in [1.807, 2.05) is 0 Å². The Morgan fingerprint density at radius 1 is 1.09 bits per heavy atom. The molecule has 0 fully saturated rings. The van der Waals surface area contributed by atoms with E-state index in [-0.39, 0.29) is 3.74 Å². The summed E-state index contributed by atoms with van der Waals surface area (Å²) in [6.45, 7) is 0. The van der Waals surface area contributed by atoms with Crippen LogP contribution in [0.4, 0.5) is 0 Å². The molecular formula is C8H7Br3. The molecule has 0 aliphatic heterocycles. The van der Waals surface area contributed by atoms with E-state index in [1.54, 1.807) is 0 Å². The Hall–Kier alpha value is 0.660. The summed E-state index contributed by atoms with van der Waals surface area (Å²) in [5.74, 6) is 0.